The Bertz CT molecular complexity index is 895. The number of benzene rings is 2. The van der Waals surface area contributed by atoms with Gasteiger partial charge in [-0.15, -0.1) is 0 Å². The largest absolute Gasteiger partial charge is 0.341 e. The van der Waals surface area contributed by atoms with Crippen LogP contribution < -0.4 is 5.73 Å². The number of imidazole rings is 1. The SMILES string of the molecule is CC(C)(C)C(N)c1nc(-c2cc(F)ccc2F)[nH]c1Cc1ccccc1. The molecule has 136 valence electrons. The number of nitrogens with zero attached hydrogens (tertiary/aromatic N) is 1. The molecule has 26 heavy (non-hydrogen) atoms. The van der Waals surface area contributed by atoms with Gasteiger partial charge in [-0.25, -0.2) is 13.8 Å². The molecule has 0 aliphatic carbocycles. The standard InChI is InChI=1S/C21H23F2N3/c1-21(2,3)19(24)18-17(11-13-7-5-4-6-8-13)25-20(26-18)15-12-14(22)9-10-16(15)23/h4-10,12,19H,11,24H2,1-3H3,(H,25,26). The third-order valence-corrected chi connectivity index (χ3v) is 4.45. The van der Waals surface area contributed by atoms with E-state index in [1.165, 1.54) is 0 Å². The van der Waals surface area contributed by atoms with Gasteiger partial charge in [-0.05, 0) is 29.2 Å². The van der Waals surface area contributed by atoms with Gasteiger partial charge in [0.15, 0.2) is 0 Å². The molecule has 0 aliphatic rings. The molecule has 3 rings (SSSR count). The minimum absolute atomic E-state index is 0.103. The molecule has 0 saturated carbocycles. The Balaban J connectivity index is 2.09. The molecule has 2 aromatic carbocycles. The van der Waals surface area contributed by atoms with E-state index in [2.05, 4.69) is 9.97 Å². The lowest BCUT2D eigenvalue weighted by molar-refractivity contribution is 0.321. The smallest absolute Gasteiger partial charge is 0.140 e. The Morgan fingerprint density at radius 1 is 1.08 bits per heavy atom. The molecule has 3 nitrogen and oxygen atoms in total. The van der Waals surface area contributed by atoms with Gasteiger partial charge in [0.25, 0.3) is 0 Å². The molecule has 3 N–H and O–H groups in total. The quantitative estimate of drug-likeness (QED) is 0.692. The van der Waals surface area contributed by atoms with Crippen molar-refractivity contribution in [3.05, 3.63) is 77.1 Å². The van der Waals surface area contributed by atoms with Gasteiger partial charge in [0.1, 0.15) is 17.5 Å². The van der Waals surface area contributed by atoms with Crippen LogP contribution >= 0.6 is 0 Å². The zero-order chi connectivity index (χ0) is 18.9. The van der Waals surface area contributed by atoms with Crippen LogP contribution in [0.4, 0.5) is 8.78 Å². The Morgan fingerprint density at radius 2 is 1.77 bits per heavy atom. The summed E-state index contributed by atoms with van der Waals surface area (Å²) >= 11 is 0. The van der Waals surface area contributed by atoms with Crippen molar-refractivity contribution in [3.8, 4) is 11.4 Å². The van der Waals surface area contributed by atoms with E-state index in [0.717, 1.165) is 29.5 Å². The summed E-state index contributed by atoms with van der Waals surface area (Å²) in [6.45, 7) is 6.09. The first-order valence-electron chi connectivity index (χ1n) is 8.59. The summed E-state index contributed by atoms with van der Waals surface area (Å²) in [6.07, 6.45) is 0.587. The Morgan fingerprint density at radius 3 is 2.42 bits per heavy atom. The second-order valence-corrected chi connectivity index (χ2v) is 7.58. The fourth-order valence-corrected chi connectivity index (χ4v) is 2.83. The lowest BCUT2D eigenvalue weighted by Gasteiger charge is -2.26. The molecule has 0 amide bonds. The highest BCUT2D eigenvalue weighted by molar-refractivity contribution is 5.57. The molecule has 1 unspecified atom stereocenters. The van der Waals surface area contributed by atoms with Crippen LogP contribution in [0.1, 0.15) is 43.8 Å². The fraction of sp³-hybridized carbons (Fsp3) is 0.286. The third-order valence-electron chi connectivity index (χ3n) is 4.45. The summed E-state index contributed by atoms with van der Waals surface area (Å²) in [5.41, 5.74) is 8.90. The highest BCUT2D eigenvalue weighted by atomic mass is 19.1. The number of H-pyrrole nitrogens is 1. The lowest BCUT2D eigenvalue weighted by atomic mass is 9.84. The lowest BCUT2D eigenvalue weighted by Crippen LogP contribution is -2.27. The summed E-state index contributed by atoms with van der Waals surface area (Å²) in [6, 6.07) is 12.9. The molecule has 3 aromatic rings. The molecule has 0 bridgehead atoms. The van der Waals surface area contributed by atoms with Crippen molar-refractivity contribution in [3.63, 3.8) is 0 Å². The van der Waals surface area contributed by atoms with Crippen molar-refractivity contribution >= 4 is 0 Å². The van der Waals surface area contributed by atoms with Crippen LogP contribution in [0, 0.1) is 17.0 Å². The van der Waals surface area contributed by atoms with Crippen molar-refractivity contribution < 1.29 is 8.78 Å². The molecule has 1 atom stereocenters. The van der Waals surface area contributed by atoms with E-state index in [0.29, 0.717) is 17.9 Å². The first-order valence-corrected chi connectivity index (χ1v) is 8.59. The molecule has 0 aliphatic heterocycles. The highest BCUT2D eigenvalue weighted by Crippen LogP contribution is 2.34. The van der Waals surface area contributed by atoms with Gasteiger partial charge in [0, 0.05) is 12.1 Å². The summed E-state index contributed by atoms with van der Waals surface area (Å²) < 4.78 is 27.8. The number of aromatic nitrogens is 2. The first-order chi connectivity index (χ1) is 12.3. The number of rotatable bonds is 4. The van der Waals surface area contributed by atoms with Gasteiger partial charge in [-0.3, -0.25) is 0 Å². The summed E-state index contributed by atoms with van der Waals surface area (Å²) in [4.78, 5) is 7.73. The molecule has 5 heteroatoms. The zero-order valence-corrected chi connectivity index (χ0v) is 15.2. The van der Waals surface area contributed by atoms with Gasteiger partial charge in [0.05, 0.1) is 17.3 Å². The van der Waals surface area contributed by atoms with Gasteiger partial charge >= 0.3 is 0 Å². The van der Waals surface area contributed by atoms with Gasteiger partial charge in [-0.2, -0.15) is 0 Å². The predicted octanol–water partition coefficient (Wildman–Crippen LogP) is 4.99. The molecule has 0 spiro atoms. The third kappa shape index (κ3) is 3.83. The first kappa shape index (κ1) is 18.3. The molecule has 1 heterocycles. The van der Waals surface area contributed by atoms with Crippen LogP contribution in [0.25, 0.3) is 11.4 Å². The monoisotopic (exact) mass is 355 g/mol. The number of hydrogen-bond donors (Lipinski definition) is 2. The average Bonchev–Trinajstić information content (AvgIpc) is 2.99. The van der Waals surface area contributed by atoms with E-state index in [1.54, 1.807) is 0 Å². The van der Waals surface area contributed by atoms with Crippen molar-refractivity contribution in [1.29, 1.82) is 0 Å². The van der Waals surface area contributed by atoms with Crippen LogP contribution in [0.2, 0.25) is 0 Å². The minimum Gasteiger partial charge on any atom is -0.341 e. The highest BCUT2D eigenvalue weighted by Gasteiger charge is 2.28. The van der Waals surface area contributed by atoms with Gasteiger partial charge < -0.3 is 10.7 Å². The molecule has 1 aromatic heterocycles. The number of hydrogen-bond acceptors (Lipinski definition) is 2. The van der Waals surface area contributed by atoms with Crippen LogP contribution in [0.5, 0.6) is 0 Å². The maximum absolute atomic E-state index is 14.2. The second kappa shape index (κ2) is 7.00. The van der Waals surface area contributed by atoms with E-state index < -0.39 is 11.6 Å². The van der Waals surface area contributed by atoms with E-state index in [1.807, 2.05) is 51.1 Å². The Kier molecular flexibility index (Phi) is 4.92. The normalized spacial score (nSPS) is 13.0. The summed E-state index contributed by atoms with van der Waals surface area (Å²) in [5, 5.41) is 0. The van der Waals surface area contributed by atoms with Crippen LogP contribution in [0.15, 0.2) is 48.5 Å². The van der Waals surface area contributed by atoms with Crippen LogP contribution in [-0.4, -0.2) is 9.97 Å². The molecule has 0 saturated heterocycles. The average molecular weight is 355 g/mol. The Labute approximate surface area is 152 Å². The van der Waals surface area contributed by atoms with Crippen LogP contribution in [0.3, 0.4) is 0 Å². The second-order valence-electron chi connectivity index (χ2n) is 7.58. The Hall–Kier alpha value is -2.53. The topological polar surface area (TPSA) is 54.7 Å². The molecular formula is C21H23F2N3. The van der Waals surface area contributed by atoms with Crippen LogP contribution in [-0.2, 0) is 6.42 Å². The van der Waals surface area contributed by atoms with Crippen molar-refractivity contribution in [1.82, 2.24) is 9.97 Å². The minimum atomic E-state index is -0.526. The number of halogens is 2. The number of nitrogens with one attached hydrogen (secondary N) is 1. The predicted molar refractivity (Wildman–Crippen MR) is 99.6 cm³/mol. The number of aromatic amines is 1. The number of nitrogens with two attached hydrogens (primary N) is 1. The van der Waals surface area contributed by atoms with E-state index in [9.17, 15) is 8.78 Å². The molecular weight excluding hydrogens is 332 g/mol. The van der Waals surface area contributed by atoms with E-state index in [4.69, 9.17) is 5.73 Å². The maximum atomic E-state index is 14.2. The van der Waals surface area contributed by atoms with Gasteiger partial charge in [0.2, 0.25) is 0 Å². The summed E-state index contributed by atoms with van der Waals surface area (Å²) in [7, 11) is 0. The molecule has 0 radical (unpaired) electrons. The zero-order valence-electron chi connectivity index (χ0n) is 15.2. The van der Waals surface area contributed by atoms with Crippen molar-refractivity contribution in [2.75, 3.05) is 0 Å². The van der Waals surface area contributed by atoms with Gasteiger partial charge in [-0.1, -0.05) is 51.1 Å². The maximum Gasteiger partial charge on any atom is 0.140 e. The van der Waals surface area contributed by atoms with Crippen molar-refractivity contribution in [2.45, 2.75) is 33.2 Å². The summed E-state index contributed by atoms with van der Waals surface area (Å²) in [5.74, 6) is -0.742. The fourth-order valence-electron chi connectivity index (χ4n) is 2.83. The molecule has 0 fully saturated rings. The van der Waals surface area contributed by atoms with Crippen molar-refractivity contribution in [2.24, 2.45) is 11.1 Å². The van der Waals surface area contributed by atoms with E-state index >= 15 is 0 Å². The van der Waals surface area contributed by atoms with E-state index in [-0.39, 0.29) is 17.0 Å².